The lowest BCUT2D eigenvalue weighted by Gasteiger charge is -2.21. The average Bonchev–Trinajstić information content (AvgIpc) is 3.22. The Morgan fingerprint density at radius 3 is 2.41 bits per heavy atom. The van der Waals surface area contributed by atoms with Crippen molar-refractivity contribution in [3.05, 3.63) is 107 Å². The van der Waals surface area contributed by atoms with E-state index in [2.05, 4.69) is 9.88 Å². The molecule has 0 aliphatic carbocycles. The zero-order chi connectivity index (χ0) is 26.4. The van der Waals surface area contributed by atoms with Gasteiger partial charge in [0.15, 0.2) is 0 Å². The maximum Gasteiger partial charge on any atom is 0.416 e. The number of carbonyl (C=O) groups excluding carboxylic acids is 1. The Bertz CT molecular complexity index is 1330. The predicted molar refractivity (Wildman–Crippen MR) is 139 cm³/mol. The molecule has 4 nitrogen and oxygen atoms in total. The van der Waals surface area contributed by atoms with Crippen molar-refractivity contribution in [2.24, 2.45) is 0 Å². The van der Waals surface area contributed by atoms with Crippen LogP contribution < -0.4 is 5.32 Å². The number of hydrogen-bond donors (Lipinski definition) is 1. The van der Waals surface area contributed by atoms with Gasteiger partial charge in [-0.1, -0.05) is 80.1 Å². The molecule has 7 heteroatoms. The molecule has 0 spiro atoms. The molecule has 1 heterocycles. The molecule has 0 amide bonds. The highest BCUT2D eigenvalue weighted by Crippen LogP contribution is 2.31. The zero-order valence-electron chi connectivity index (χ0n) is 21.0. The maximum absolute atomic E-state index is 13.4. The van der Waals surface area contributed by atoms with Crippen LogP contribution in [0.5, 0.6) is 0 Å². The van der Waals surface area contributed by atoms with Crippen LogP contribution >= 0.6 is 0 Å². The second-order valence-electron chi connectivity index (χ2n) is 9.26. The van der Waals surface area contributed by atoms with Gasteiger partial charge in [-0.05, 0) is 36.6 Å². The van der Waals surface area contributed by atoms with Crippen molar-refractivity contribution in [1.82, 2.24) is 9.88 Å². The van der Waals surface area contributed by atoms with E-state index in [0.29, 0.717) is 12.1 Å². The van der Waals surface area contributed by atoms with Gasteiger partial charge >= 0.3 is 12.1 Å². The number of rotatable bonds is 10. The fourth-order valence-electron chi connectivity index (χ4n) is 4.55. The Morgan fingerprint density at radius 1 is 0.973 bits per heavy atom. The largest absolute Gasteiger partial charge is 0.461 e. The van der Waals surface area contributed by atoms with Crippen LogP contribution in [0.15, 0.2) is 85.1 Å². The highest BCUT2D eigenvalue weighted by Gasteiger charge is 2.31. The van der Waals surface area contributed by atoms with Crippen LogP contribution in [0.4, 0.5) is 13.2 Å². The van der Waals surface area contributed by atoms with E-state index >= 15 is 0 Å². The minimum atomic E-state index is -4.44. The molecule has 1 N–H and O–H groups in total. The number of esters is 1. The molecule has 0 radical (unpaired) electrons. The molecule has 2 atom stereocenters. The van der Waals surface area contributed by atoms with Crippen molar-refractivity contribution < 1.29 is 22.7 Å². The molecule has 3 aromatic carbocycles. The van der Waals surface area contributed by atoms with E-state index in [1.807, 2.05) is 74.6 Å². The van der Waals surface area contributed by atoms with Crippen molar-refractivity contribution >= 4 is 16.9 Å². The molecule has 0 saturated carbocycles. The van der Waals surface area contributed by atoms with Crippen molar-refractivity contribution in [2.75, 3.05) is 0 Å². The molecular formula is C30H31F3N2O2. The maximum atomic E-state index is 13.4. The fourth-order valence-corrected chi connectivity index (χ4v) is 4.55. The van der Waals surface area contributed by atoms with Crippen molar-refractivity contribution in [2.45, 2.75) is 58.1 Å². The second-order valence-corrected chi connectivity index (χ2v) is 9.26. The van der Waals surface area contributed by atoms with Gasteiger partial charge in [0.1, 0.15) is 6.04 Å². The van der Waals surface area contributed by atoms with Gasteiger partial charge in [0.25, 0.3) is 0 Å². The molecule has 0 aliphatic heterocycles. The van der Waals surface area contributed by atoms with Gasteiger partial charge in [-0.15, -0.1) is 0 Å². The molecule has 37 heavy (non-hydrogen) atoms. The first-order valence-corrected chi connectivity index (χ1v) is 12.5. The molecule has 2 unspecified atom stereocenters. The third kappa shape index (κ3) is 6.60. The summed E-state index contributed by atoms with van der Waals surface area (Å²) in [5.41, 5.74) is 2.51. The number of aromatic nitrogens is 1. The molecule has 4 aromatic rings. The van der Waals surface area contributed by atoms with Crippen LogP contribution in [0.3, 0.4) is 0 Å². The standard InChI is InChI=1S/C30H31F3N2O2/c1-3-10-21(2)37-29(36)28(34-18-23-13-9-14-24(17-23)30(31,32)33)26-20-35(19-22-11-5-4-6-12-22)27-16-8-7-15-25(26)27/h4-9,11-17,20-21,28,34H,3,10,18-19H2,1-2H3. The number of nitrogens with one attached hydrogen (secondary N) is 1. The number of para-hydroxylation sites is 1. The lowest BCUT2D eigenvalue weighted by Crippen LogP contribution is -2.32. The van der Waals surface area contributed by atoms with Crippen LogP contribution in [0.2, 0.25) is 0 Å². The topological polar surface area (TPSA) is 43.3 Å². The number of hydrogen-bond acceptors (Lipinski definition) is 3. The number of nitrogens with zero attached hydrogens (tertiary/aromatic N) is 1. The van der Waals surface area contributed by atoms with Crippen molar-refractivity contribution in [3.8, 4) is 0 Å². The summed E-state index contributed by atoms with van der Waals surface area (Å²) >= 11 is 0. The lowest BCUT2D eigenvalue weighted by molar-refractivity contribution is -0.151. The summed E-state index contributed by atoms with van der Waals surface area (Å²) in [5.74, 6) is -0.449. The van der Waals surface area contributed by atoms with E-state index in [4.69, 9.17) is 4.74 Å². The molecular weight excluding hydrogens is 477 g/mol. The normalized spacial score (nSPS) is 13.4. The van der Waals surface area contributed by atoms with Gasteiger partial charge in [0.05, 0.1) is 11.7 Å². The molecule has 0 aliphatic rings. The quantitative estimate of drug-likeness (QED) is 0.229. The van der Waals surface area contributed by atoms with Gasteiger partial charge < -0.3 is 9.30 Å². The molecule has 194 valence electrons. The predicted octanol–water partition coefficient (Wildman–Crippen LogP) is 7.27. The third-order valence-corrected chi connectivity index (χ3v) is 6.34. The molecule has 0 bridgehead atoms. The number of alkyl halides is 3. The first-order valence-electron chi connectivity index (χ1n) is 12.5. The average molecular weight is 509 g/mol. The monoisotopic (exact) mass is 508 g/mol. The SMILES string of the molecule is CCCC(C)OC(=O)C(NCc1cccc(C(F)(F)F)c1)c1cn(Cc2ccccc2)c2ccccc12. The fraction of sp³-hybridized carbons (Fsp3) is 0.300. The number of ether oxygens (including phenoxy) is 1. The Labute approximate surface area is 215 Å². The molecule has 0 saturated heterocycles. The number of carbonyl (C=O) groups is 1. The zero-order valence-corrected chi connectivity index (χ0v) is 21.0. The van der Waals surface area contributed by atoms with E-state index in [9.17, 15) is 18.0 Å². The van der Waals surface area contributed by atoms with Gasteiger partial charge in [-0.2, -0.15) is 13.2 Å². The van der Waals surface area contributed by atoms with Crippen molar-refractivity contribution in [3.63, 3.8) is 0 Å². The van der Waals surface area contributed by atoms with E-state index in [-0.39, 0.29) is 12.6 Å². The van der Waals surface area contributed by atoms with Gasteiger partial charge in [0.2, 0.25) is 0 Å². The van der Waals surface area contributed by atoms with E-state index in [1.54, 1.807) is 6.07 Å². The van der Waals surface area contributed by atoms with E-state index in [0.717, 1.165) is 47.0 Å². The first kappa shape index (κ1) is 26.5. The van der Waals surface area contributed by atoms with Gasteiger partial charge in [0, 0.05) is 35.8 Å². The van der Waals surface area contributed by atoms with Gasteiger partial charge in [-0.25, -0.2) is 4.79 Å². The van der Waals surface area contributed by atoms with Crippen molar-refractivity contribution in [1.29, 1.82) is 0 Å². The van der Waals surface area contributed by atoms with E-state index < -0.39 is 23.8 Å². The number of fused-ring (bicyclic) bond motifs is 1. The summed E-state index contributed by atoms with van der Waals surface area (Å²) in [6.45, 7) is 4.56. The Balaban J connectivity index is 1.69. The van der Waals surface area contributed by atoms with Crippen LogP contribution in [0, 0.1) is 0 Å². The highest BCUT2D eigenvalue weighted by atomic mass is 19.4. The molecule has 1 aromatic heterocycles. The lowest BCUT2D eigenvalue weighted by atomic mass is 10.0. The van der Waals surface area contributed by atoms with Crippen LogP contribution in [-0.2, 0) is 28.8 Å². The summed E-state index contributed by atoms with van der Waals surface area (Å²) in [6.07, 6.45) is -1.18. The van der Waals surface area contributed by atoms with E-state index in [1.165, 1.54) is 6.07 Å². The first-order chi connectivity index (χ1) is 17.8. The summed E-state index contributed by atoms with van der Waals surface area (Å²) in [5, 5.41) is 4.08. The minimum absolute atomic E-state index is 0.0734. The summed E-state index contributed by atoms with van der Waals surface area (Å²) in [6, 6.07) is 22.1. The molecule has 0 fully saturated rings. The summed E-state index contributed by atoms with van der Waals surface area (Å²) in [4.78, 5) is 13.4. The van der Waals surface area contributed by atoms with Crippen LogP contribution in [-0.4, -0.2) is 16.6 Å². The van der Waals surface area contributed by atoms with Crippen LogP contribution in [0.25, 0.3) is 10.9 Å². The Kier molecular flexibility index (Phi) is 8.34. The highest BCUT2D eigenvalue weighted by molar-refractivity contribution is 5.90. The molecule has 4 rings (SSSR count). The third-order valence-electron chi connectivity index (χ3n) is 6.34. The number of benzene rings is 3. The van der Waals surface area contributed by atoms with Gasteiger partial charge in [-0.3, -0.25) is 5.32 Å². The smallest absolute Gasteiger partial charge is 0.416 e. The van der Waals surface area contributed by atoms with Crippen LogP contribution in [0.1, 0.15) is 55.0 Å². The Hall–Kier alpha value is -3.58. The summed E-state index contributed by atoms with van der Waals surface area (Å²) in [7, 11) is 0. The second kappa shape index (κ2) is 11.6. The Morgan fingerprint density at radius 2 is 1.68 bits per heavy atom. The summed E-state index contributed by atoms with van der Waals surface area (Å²) < 4.78 is 47.5. The minimum Gasteiger partial charge on any atom is -0.461 e. The number of halogens is 3.